The molecule has 0 amide bonds. The van der Waals surface area contributed by atoms with E-state index in [4.69, 9.17) is 4.74 Å². The lowest BCUT2D eigenvalue weighted by Crippen LogP contribution is -2.39. The molecule has 3 nitrogen and oxygen atoms in total. The molecule has 2 unspecified atom stereocenters. The largest absolute Gasteiger partial charge is 0.481 e. The predicted molar refractivity (Wildman–Crippen MR) is 69.7 cm³/mol. The van der Waals surface area contributed by atoms with Crippen LogP contribution in [0, 0.1) is 19.3 Å². The van der Waals surface area contributed by atoms with E-state index in [9.17, 15) is 9.90 Å². The zero-order valence-electron chi connectivity index (χ0n) is 11.2. The zero-order chi connectivity index (χ0) is 13.3. The van der Waals surface area contributed by atoms with E-state index in [0.717, 1.165) is 5.56 Å². The molecule has 3 heteroatoms. The number of benzene rings is 1. The van der Waals surface area contributed by atoms with Crippen molar-refractivity contribution in [3.8, 4) is 0 Å². The second-order valence-corrected chi connectivity index (χ2v) is 5.32. The van der Waals surface area contributed by atoms with E-state index in [-0.39, 0.29) is 6.10 Å². The minimum Gasteiger partial charge on any atom is -0.481 e. The predicted octanol–water partition coefficient (Wildman–Crippen LogP) is 2.73. The van der Waals surface area contributed by atoms with Gasteiger partial charge in [0.2, 0.25) is 0 Å². The van der Waals surface area contributed by atoms with Crippen LogP contribution in [-0.4, -0.2) is 23.8 Å². The van der Waals surface area contributed by atoms with Gasteiger partial charge in [-0.3, -0.25) is 4.79 Å². The number of ether oxygens (including phenoxy) is 1. The summed E-state index contributed by atoms with van der Waals surface area (Å²) < 4.78 is 5.48. The first-order chi connectivity index (χ1) is 8.45. The number of aryl methyl sites for hydroxylation is 2. The van der Waals surface area contributed by atoms with Gasteiger partial charge >= 0.3 is 5.97 Å². The zero-order valence-corrected chi connectivity index (χ0v) is 11.2. The van der Waals surface area contributed by atoms with Crippen molar-refractivity contribution in [1.82, 2.24) is 0 Å². The number of carboxylic acid groups (broad SMARTS) is 1. The first-order valence-corrected chi connectivity index (χ1v) is 6.37. The van der Waals surface area contributed by atoms with Crippen LogP contribution in [0.1, 0.15) is 30.0 Å². The Kier molecular flexibility index (Phi) is 3.44. The van der Waals surface area contributed by atoms with Crippen LogP contribution in [-0.2, 0) is 16.0 Å². The molecule has 0 spiro atoms. The third kappa shape index (κ3) is 2.15. The average Bonchev–Trinajstić information content (AvgIpc) is 2.67. The van der Waals surface area contributed by atoms with E-state index in [2.05, 4.69) is 26.0 Å². The number of hydrogen-bond acceptors (Lipinski definition) is 2. The van der Waals surface area contributed by atoms with Crippen LogP contribution < -0.4 is 0 Å². The minimum atomic E-state index is -0.762. The third-order valence-electron chi connectivity index (χ3n) is 4.21. The van der Waals surface area contributed by atoms with Crippen molar-refractivity contribution < 1.29 is 14.6 Å². The van der Waals surface area contributed by atoms with Crippen molar-refractivity contribution in [1.29, 1.82) is 0 Å². The smallest absolute Gasteiger partial charge is 0.312 e. The van der Waals surface area contributed by atoms with Gasteiger partial charge in [-0.1, -0.05) is 18.2 Å². The van der Waals surface area contributed by atoms with Gasteiger partial charge in [-0.2, -0.15) is 0 Å². The number of carboxylic acids is 1. The fourth-order valence-electron chi connectivity index (χ4n) is 2.65. The van der Waals surface area contributed by atoms with Crippen LogP contribution in [0.4, 0.5) is 0 Å². The summed E-state index contributed by atoms with van der Waals surface area (Å²) in [7, 11) is 0. The number of rotatable bonds is 3. The summed E-state index contributed by atoms with van der Waals surface area (Å²) in [6.45, 7) is 6.52. The summed E-state index contributed by atoms with van der Waals surface area (Å²) in [6.07, 6.45) is 0.915. The molecule has 18 heavy (non-hydrogen) atoms. The van der Waals surface area contributed by atoms with E-state index in [1.165, 1.54) is 11.1 Å². The van der Waals surface area contributed by atoms with Gasteiger partial charge in [0.15, 0.2) is 0 Å². The molecule has 1 aromatic rings. The molecule has 2 atom stereocenters. The molecule has 0 bridgehead atoms. The Morgan fingerprint density at radius 3 is 2.67 bits per heavy atom. The highest BCUT2D eigenvalue weighted by molar-refractivity contribution is 5.76. The maximum Gasteiger partial charge on any atom is 0.312 e. The number of hydrogen-bond donors (Lipinski definition) is 1. The Morgan fingerprint density at radius 1 is 1.44 bits per heavy atom. The van der Waals surface area contributed by atoms with Gasteiger partial charge in [0.05, 0.1) is 11.5 Å². The molecule has 98 valence electrons. The van der Waals surface area contributed by atoms with Crippen molar-refractivity contribution in [2.45, 2.75) is 39.7 Å². The minimum absolute atomic E-state index is 0.225. The molecule has 1 heterocycles. The summed E-state index contributed by atoms with van der Waals surface area (Å²) in [5.74, 6) is -0.745. The van der Waals surface area contributed by atoms with Gasteiger partial charge < -0.3 is 9.84 Å². The first kappa shape index (κ1) is 13.1. The van der Waals surface area contributed by atoms with E-state index in [1.54, 1.807) is 0 Å². The van der Waals surface area contributed by atoms with Crippen LogP contribution >= 0.6 is 0 Å². The van der Waals surface area contributed by atoms with Crippen LogP contribution in [0.2, 0.25) is 0 Å². The summed E-state index contributed by atoms with van der Waals surface area (Å²) in [6, 6.07) is 6.17. The van der Waals surface area contributed by atoms with Gasteiger partial charge in [0.1, 0.15) is 0 Å². The molecule has 1 aromatic carbocycles. The lowest BCUT2D eigenvalue weighted by Gasteiger charge is -2.27. The molecule has 0 saturated carbocycles. The van der Waals surface area contributed by atoms with Crippen molar-refractivity contribution in [3.63, 3.8) is 0 Å². The standard InChI is InChI=1S/C15H20O3/c1-10-4-5-13(8-11(10)2)9-15(14(16)17)6-7-18-12(15)3/h4-5,8,12H,6-7,9H2,1-3H3,(H,16,17). The maximum atomic E-state index is 11.6. The topological polar surface area (TPSA) is 46.5 Å². The normalized spacial score (nSPS) is 27.4. The average molecular weight is 248 g/mol. The molecule has 0 aromatic heterocycles. The van der Waals surface area contributed by atoms with Gasteiger partial charge in [-0.05, 0) is 50.3 Å². The van der Waals surface area contributed by atoms with Crippen LogP contribution in [0.3, 0.4) is 0 Å². The first-order valence-electron chi connectivity index (χ1n) is 6.37. The van der Waals surface area contributed by atoms with Gasteiger partial charge in [-0.15, -0.1) is 0 Å². The second kappa shape index (κ2) is 4.73. The number of carbonyl (C=O) groups is 1. The van der Waals surface area contributed by atoms with Crippen molar-refractivity contribution in [2.75, 3.05) is 6.61 Å². The van der Waals surface area contributed by atoms with E-state index in [1.807, 2.05) is 13.0 Å². The third-order valence-corrected chi connectivity index (χ3v) is 4.21. The fourth-order valence-corrected chi connectivity index (χ4v) is 2.65. The highest BCUT2D eigenvalue weighted by atomic mass is 16.5. The summed E-state index contributed by atoms with van der Waals surface area (Å²) in [4.78, 5) is 11.6. The molecule has 1 aliphatic heterocycles. The van der Waals surface area contributed by atoms with Gasteiger partial charge in [0.25, 0.3) is 0 Å². The van der Waals surface area contributed by atoms with Crippen LogP contribution in [0.25, 0.3) is 0 Å². The Balaban J connectivity index is 2.29. The summed E-state index contributed by atoms with van der Waals surface area (Å²) >= 11 is 0. The Hall–Kier alpha value is -1.35. The highest BCUT2D eigenvalue weighted by Crippen LogP contribution is 2.38. The molecule has 0 radical (unpaired) electrons. The summed E-state index contributed by atoms with van der Waals surface area (Å²) in [5.41, 5.74) is 2.76. The second-order valence-electron chi connectivity index (χ2n) is 5.32. The van der Waals surface area contributed by atoms with Crippen LogP contribution in [0.5, 0.6) is 0 Å². The van der Waals surface area contributed by atoms with Crippen molar-refractivity contribution in [3.05, 3.63) is 34.9 Å². The quantitative estimate of drug-likeness (QED) is 0.894. The number of aliphatic carboxylic acids is 1. The SMILES string of the molecule is Cc1ccc(CC2(C(=O)O)CCOC2C)cc1C. The molecule has 1 aliphatic rings. The lowest BCUT2D eigenvalue weighted by molar-refractivity contribution is -0.151. The Labute approximate surface area is 108 Å². The molecule has 0 aliphatic carbocycles. The van der Waals surface area contributed by atoms with E-state index in [0.29, 0.717) is 19.4 Å². The maximum absolute atomic E-state index is 11.6. The van der Waals surface area contributed by atoms with Crippen molar-refractivity contribution in [2.24, 2.45) is 5.41 Å². The van der Waals surface area contributed by atoms with Gasteiger partial charge in [0, 0.05) is 6.61 Å². The fraction of sp³-hybridized carbons (Fsp3) is 0.533. The molecule has 1 fully saturated rings. The molecule has 2 rings (SSSR count). The molecular formula is C15H20O3. The van der Waals surface area contributed by atoms with E-state index < -0.39 is 11.4 Å². The molecular weight excluding hydrogens is 228 g/mol. The van der Waals surface area contributed by atoms with Crippen LogP contribution in [0.15, 0.2) is 18.2 Å². The van der Waals surface area contributed by atoms with E-state index >= 15 is 0 Å². The monoisotopic (exact) mass is 248 g/mol. The van der Waals surface area contributed by atoms with Crippen molar-refractivity contribution >= 4 is 5.97 Å². The molecule has 1 saturated heterocycles. The highest BCUT2D eigenvalue weighted by Gasteiger charge is 2.48. The summed E-state index contributed by atoms with van der Waals surface area (Å²) in [5, 5.41) is 9.54. The van der Waals surface area contributed by atoms with Gasteiger partial charge in [-0.25, -0.2) is 0 Å². The Morgan fingerprint density at radius 2 is 2.17 bits per heavy atom. The lowest BCUT2D eigenvalue weighted by atomic mass is 9.76. The Bertz CT molecular complexity index is 467. The molecule has 1 N–H and O–H groups in total.